The molecular formula is C25H25N5O4. The summed E-state index contributed by atoms with van der Waals surface area (Å²) in [7, 11) is 1.62. The Morgan fingerprint density at radius 1 is 1.15 bits per heavy atom. The molecule has 2 aromatic carbocycles. The first-order valence-electron chi connectivity index (χ1n) is 11.1. The van der Waals surface area contributed by atoms with Crippen molar-refractivity contribution in [2.45, 2.75) is 18.9 Å². The molecule has 0 spiro atoms. The van der Waals surface area contributed by atoms with Crippen molar-refractivity contribution >= 4 is 17.4 Å². The molecule has 1 fully saturated rings. The van der Waals surface area contributed by atoms with Gasteiger partial charge in [-0.15, -0.1) is 0 Å². The first-order chi connectivity index (χ1) is 16.6. The first-order valence-corrected chi connectivity index (χ1v) is 11.1. The van der Waals surface area contributed by atoms with Crippen molar-refractivity contribution in [1.82, 2.24) is 19.9 Å². The number of carbonyl (C=O) groups is 1. The zero-order valence-corrected chi connectivity index (χ0v) is 18.7. The highest BCUT2D eigenvalue weighted by Gasteiger charge is 2.24. The fourth-order valence-corrected chi connectivity index (χ4v) is 3.64. The molecule has 2 heterocycles. The lowest BCUT2D eigenvalue weighted by molar-refractivity contribution is 0.0951. The van der Waals surface area contributed by atoms with Gasteiger partial charge in [0.15, 0.2) is 5.65 Å². The molecule has 1 aliphatic carbocycles. The number of rotatable bonds is 9. The van der Waals surface area contributed by atoms with E-state index in [9.17, 15) is 9.59 Å². The number of benzene rings is 2. The van der Waals surface area contributed by atoms with E-state index >= 15 is 0 Å². The molecule has 34 heavy (non-hydrogen) atoms. The summed E-state index contributed by atoms with van der Waals surface area (Å²) >= 11 is 0. The van der Waals surface area contributed by atoms with Gasteiger partial charge in [0.1, 0.15) is 11.6 Å². The van der Waals surface area contributed by atoms with Gasteiger partial charge in [0.25, 0.3) is 11.5 Å². The lowest BCUT2D eigenvalue weighted by Crippen LogP contribution is -2.25. The fraction of sp³-hybridized carbons (Fsp3) is 0.240. The molecule has 3 N–H and O–H groups in total. The lowest BCUT2D eigenvalue weighted by atomic mass is 10.1. The summed E-state index contributed by atoms with van der Waals surface area (Å²) in [5.41, 5.74) is 1.71. The molecule has 0 aliphatic heterocycles. The quantitative estimate of drug-likeness (QED) is 0.331. The second-order valence-corrected chi connectivity index (χ2v) is 8.11. The number of carbonyl (C=O) groups excluding carboxylic acids is 1. The molecule has 174 valence electrons. The molecule has 4 aromatic rings. The Balaban J connectivity index is 1.53. The summed E-state index contributed by atoms with van der Waals surface area (Å²) in [6, 6.07) is 18.3. The zero-order valence-electron chi connectivity index (χ0n) is 18.7. The topological polar surface area (TPSA) is 110 Å². The van der Waals surface area contributed by atoms with Gasteiger partial charge in [-0.2, -0.15) is 4.98 Å². The molecule has 1 aliphatic rings. The molecule has 0 saturated heterocycles. The average Bonchev–Trinajstić information content (AvgIpc) is 3.60. The van der Waals surface area contributed by atoms with Gasteiger partial charge in [0, 0.05) is 31.3 Å². The smallest absolute Gasteiger partial charge is 0.274 e. The second kappa shape index (κ2) is 9.40. The third-order valence-electron chi connectivity index (χ3n) is 5.52. The van der Waals surface area contributed by atoms with Gasteiger partial charge in [0.2, 0.25) is 5.88 Å². The van der Waals surface area contributed by atoms with Gasteiger partial charge in [-0.1, -0.05) is 30.3 Å². The molecule has 9 nitrogen and oxygen atoms in total. The molecular weight excluding hydrogens is 434 g/mol. The van der Waals surface area contributed by atoms with Crippen molar-refractivity contribution in [1.29, 1.82) is 0 Å². The van der Waals surface area contributed by atoms with Crippen LogP contribution < -0.4 is 20.9 Å². The molecule has 0 radical (unpaired) electrons. The van der Waals surface area contributed by atoms with Gasteiger partial charge in [-0.05, 0) is 42.7 Å². The minimum absolute atomic E-state index is 0.106. The number of para-hydroxylation sites is 1. The summed E-state index contributed by atoms with van der Waals surface area (Å²) in [6.07, 6.45) is 2.05. The normalized spacial score (nSPS) is 13.1. The van der Waals surface area contributed by atoms with Crippen molar-refractivity contribution in [2.24, 2.45) is 0 Å². The van der Waals surface area contributed by atoms with Crippen LogP contribution in [0.5, 0.6) is 11.6 Å². The lowest BCUT2D eigenvalue weighted by Gasteiger charge is -2.12. The number of amides is 1. The predicted octanol–water partition coefficient (Wildman–Crippen LogP) is 3.43. The van der Waals surface area contributed by atoms with Crippen LogP contribution in [0.1, 0.15) is 23.2 Å². The largest absolute Gasteiger partial charge is 0.439 e. The maximum atomic E-state index is 13.0. The van der Waals surface area contributed by atoms with Crippen LogP contribution in [0.3, 0.4) is 0 Å². The van der Waals surface area contributed by atoms with Crippen molar-refractivity contribution in [3.8, 4) is 22.8 Å². The first kappa shape index (κ1) is 21.7. The third kappa shape index (κ3) is 4.65. The summed E-state index contributed by atoms with van der Waals surface area (Å²) in [5.74, 6) is 1.47. The average molecular weight is 460 g/mol. The van der Waals surface area contributed by atoms with Crippen molar-refractivity contribution in [2.75, 3.05) is 25.6 Å². The third-order valence-corrected chi connectivity index (χ3v) is 5.52. The van der Waals surface area contributed by atoms with Crippen LogP contribution in [0.4, 0.5) is 5.82 Å². The van der Waals surface area contributed by atoms with E-state index in [2.05, 4.69) is 20.7 Å². The van der Waals surface area contributed by atoms with E-state index in [4.69, 9.17) is 9.47 Å². The number of ether oxygens (including phenoxy) is 2. The number of nitrogens with one attached hydrogen (secondary N) is 3. The van der Waals surface area contributed by atoms with Gasteiger partial charge >= 0.3 is 0 Å². The monoisotopic (exact) mass is 459 g/mol. The Morgan fingerprint density at radius 3 is 2.62 bits per heavy atom. The molecule has 9 heteroatoms. The molecule has 5 rings (SSSR count). The molecule has 1 saturated carbocycles. The number of hydrogen-bond acceptors (Lipinski definition) is 6. The van der Waals surface area contributed by atoms with Crippen LogP contribution in [0.25, 0.3) is 16.8 Å². The van der Waals surface area contributed by atoms with Crippen LogP contribution >= 0.6 is 0 Å². The number of fused-ring (bicyclic) bond motifs is 1. The van der Waals surface area contributed by atoms with Gasteiger partial charge in [-0.3, -0.25) is 14.7 Å². The molecule has 0 atom stereocenters. The van der Waals surface area contributed by atoms with Crippen molar-refractivity contribution in [3.05, 3.63) is 76.6 Å². The SMILES string of the molecule is COCCNc1cc(Oc2ccccc2)nc2c(-c3ccc(C(=O)NC4CC4)cc3)c(=O)[nH]n12. The molecule has 0 unspecified atom stereocenters. The minimum atomic E-state index is -0.297. The summed E-state index contributed by atoms with van der Waals surface area (Å²) in [4.78, 5) is 29.9. The minimum Gasteiger partial charge on any atom is -0.439 e. The van der Waals surface area contributed by atoms with Crippen molar-refractivity contribution < 1.29 is 14.3 Å². The van der Waals surface area contributed by atoms with Crippen LogP contribution in [0.15, 0.2) is 65.5 Å². The number of anilines is 1. The van der Waals surface area contributed by atoms with E-state index < -0.39 is 0 Å². The highest BCUT2D eigenvalue weighted by Crippen LogP contribution is 2.28. The van der Waals surface area contributed by atoms with E-state index in [1.807, 2.05) is 30.3 Å². The van der Waals surface area contributed by atoms with Crippen LogP contribution in [0, 0.1) is 0 Å². The predicted molar refractivity (Wildman–Crippen MR) is 129 cm³/mol. The standard InChI is InChI=1S/C25H25N5O4/c1-33-14-13-26-20-15-21(34-19-5-3-2-4-6-19)28-23-22(25(32)29-30(20)23)16-7-9-17(10-8-16)24(31)27-18-11-12-18/h2-10,15,18,26H,11-14H2,1H3,(H,27,31)(H,29,32). The van der Waals surface area contributed by atoms with Crippen LogP contribution in [-0.4, -0.2) is 46.8 Å². The number of methoxy groups -OCH3 is 1. The van der Waals surface area contributed by atoms with E-state index in [1.165, 1.54) is 0 Å². The molecule has 2 aromatic heterocycles. The van der Waals surface area contributed by atoms with E-state index in [-0.39, 0.29) is 17.5 Å². The van der Waals surface area contributed by atoms with E-state index in [0.717, 1.165) is 12.8 Å². The highest BCUT2D eigenvalue weighted by molar-refractivity contribution is 5.95. The van der Waals surface area contributed by atoms with Gasteiger partial charge in [0.05, 0.1) is 12.2 Å². The van der Waals surface area contributed by atoms with Gasteiger partial charge < -0.3 is 20.1 Å². The summed E-state index contributed by atoms with van der Waals surface area (Å²) in [5, 5.41) is 9.06. The molecule has 0 bridgehead atoms. The Labute approximate surface area is 195 Å². The van der Waals surface area contributed by atoms with Crippen LogP contribution in [-0.2, 0) is 4.74 Å². The Hall–Kier alpha value is -4.11. The number of aromatic amines is 1. The highest BCUT2D eigenvalue weighted by atomic mass is 16.5. The number of hydrogen-bond donors (Lipinski definition) is 3. The number of nitrogens with zero attached hydrogens (tertiary/aromatic N) is 2. The second-order valence-electron chi connectivity index (χ2n) is 8.11. The number of H-pyrrole nitrogens is 1. The Kier molecular flexibility index (Phi) is 6.01. The van der Waals surface area contributed by atoms with Crippen molar-refractivity contribution in [3.63, 3.8) is 0 Å². The summed E-state index contributed by atoms with van der Waals surface area (Å²) < 4.78 is 12.7. The maximum absolute atomic E-state index is 13.0. The zero-order chi connectivity index (χ0) is 23.5. The summed E-state index contributed by atoms with van der Waals surface area (Å²) in [6.45, 7) is 1.02. The maximum Gasteiger partial charge on any atom is 0.274 e. The Bertz CT molecular complexity index is 1360. The fourth-order valence-electron chi connectivity index (χ4n) is 3.64. The van der Waals surface area contributed by atoms with Crippen LogP contribution in [0.2, 0.25) is 0 Å². The number of aromatic nitrogens is 3. The van der Waals surface area contributed by atoms with E-state index in [1.54, 1.807) is 42.0 Å². The molecule has 1 amide bonds. The van der Waals surface area contributed by atoms with E-state index in [0.29, 0.717) is 52.9 Å². The Morgan fingerprint density at radius 2 is 1.91 bits per heavy atom. The van der Waals surface area contributed by atoms with Gasteiger partial charge in [-0.25, -0.2) is 4.52 Å².